The van der Waals surface area contributed by atoms with E-state index in [1.807, 2.05) is 24.3 Å². The molecular weight excluding hydrogens is 270 g/mol. The van der Waals surface area contributed by atoms with Crippen molar-refractivity contribution >= 4 is 0 Å². The summed E-state index contributed by atoms with van der Waals surface area (Å²) in [6.45, 7) is 4.23. The molecule has 1 N–H and O–H groups in total. The first-order valence-corrected chi connectivity index (χ1v) is 7.07. The van der Waals surface area contributed by atoms with Crippen LogP contribution in [-0.4, -0.2) is 47.0 Å². The first kappa shape index (κ1) is 15.5. The molecule has 21 heavy (non-hydrogen) atoms. The van der Waals surface area contributed by atoms with Gasteiger partial charge in [0.15, 0.2) is 0 Å². The molecule has 0 atom stereocenters. The molecule has 0 saturated carbocycles. The molecule has 0 saturated heterocycles. The van der Waals surface area contributed by atoms with Crippen LogP contribution in [0.15, 0.2) is 28.8 Å². The Morgan fingerprint density at radius 1 is 1.29 bits per heavy atom. The van der Waals surface area contributed by atoms with Crippen LogP contribution in [0.2, 0.25) is 0 Å². The quantitative estimate of drug-likeness (QED) is 0.801. The largest absolute Gasteiger partial charge is 0.496 e. The van der Waals surface area contributed by atoms with Gasteiger partial charge in [-0.3, -0.25) is 4.90 Å². The number of aliphatic hydroxyl groups excluding tert-OH is 1. The maximum atomic E-state index is 9.07. The summed E-state index contributed by atoms with van der Waals surface area (Å²) in [4.78, 5) is 6.50. The monoisotopic (exact) mass is 291 g/mol. The van der Waals surface area contributed by atoms with E-state index >= 15 is 0 Å². The SMILES string of the molecule is CCCN(CCO)Cc1nc(-c2ccccc2OC)no1. The molecule has 0 aliphatic rings. The van der Waals surface area contributed by atoms with Gasteiger partial charge >= 0.3 is 0 Å². The van der Waals surface area contributed by atoms with Gasteiger partial charge in [0.1, 0.15) is 5.75 Å². The average molecular weight is 291 g/mol. The zero-order chi connectivity index (χ0) is 15.1. The number of aliphatic hydroxyl groups is 1. The molecule has 0 bridgehead atoms. The van der Waals surface area contributed by atoms with E-state index in [1.165, 1.54) is 0 Å². The second-order valence-corrected chi connectivity index (χ2v) is 4.71. The second-order valence-electron chi connectivity index (χ2n) is 4.71. The van der Waals surface area contributed by atoms with E-state index in [0.29, 0.717) is 30.6 Å². The Hall–Kier alpha value is -1.92. The summed E-state index contributed by atoms with van der Waals surface area (Å²) in [6.07, 6.45) is 1.01. The van der Waals surface area contributed by atoms with Crippen molar-refractivity contribution in [3.8, 4) is 17.1 Å². The molecule has 6 nitrogen and oxygen atoms in total. The van der Waals surface area contributed by atoms with Gasteiger partial charge in [0.25, 0.3) is 0 Å². The van der Waals surface area contributed by atoms with Crippen molar-refractivity contribution in [1.29, 1.82) is 0 Å². The fourth-order valence-electron chi connectivity index (χ4n) is 2.18. The number of nitrogens with zero attached hydrogens (tertiary/aromatic N) is 3. The van der Waals surface area contributed by atoms with E-state index in [4.69, 9.17) is 14.4 Å². The lowest BCUT2D eigenvalue weighted by molar-refractivity contribution is 0.174. The van der Waals surface area contributed by atoms with Gasteiger partial charge in [0.05, 0.1) is 25.8 Å². The molecule has 0 unspecified atom stereocenters. The Balaban J connectivity index is 2.13. The first-order chi connectivity index (χ1) is 10.3. The van der Waals surface area contributed by atoms with E-state index in [1.54, 1.807) is 7.11 Å². The Morgan fingerprint density at radius 2 is 2.10 bits per heavy atom. The number of ether oxygens (including phenoxy) is 1. The fraction of sp³-hybridized carbons (Fsp3) is 0.467. The minimum atomic E-state index is 0.119. The second kappa shape index (κ2) is 7.75. The standard InChI is InChI=1S/C15H21N3O3/c1-3-8-18(9-10-19)11-14-16-15(17-21-14)12-6-4-5-7-13(12)20-2/h4-7,19H,3,8-11H2,1-2H3. The number of methoxy groups -OCH3 is 1. The predicted octanol–water partition coefficient (Wildman–Crippen LogP) is 1.95. The number of benzene rings is 1. The van der Waals surface area contributed by atoms with Crippen LogP contribution in [0.3, 0.4) is 0 Å². The molecule has 1 heterocycles. The summed E-state index contributed by atoms with van der Waals surface area (Å²) in [6, 6.07) is 7.56. The molecule has 0 aliphatic heterocycles. The van der Waals surface area contributed by atoms with Crippen molar-refractivity contribution in [3.63, 3.8) is 0 Å². The van der Waals surface area contributed by atoms with Crippen LogP contribution >= 0.6 is 0 Å². The van der Waals surface area contributed by atoms with Crippen LogP contribution in [0.4, 0.5) is 0 Å². The molecule has 2 rings (SSSR count). The summed E-state index contributed by atoms with van der Waals surface area (Å²) in [7, 11) is 1.62. The molecule has 0 spiro atoms. The van der Waals surface area contributed by atoms with E-state index in [2.05, 4.69) is 22.0 Å². The van der Waals surface area contributed by atoms with E-state index in [-0.39, 0.29) is 6.61 Å². The van der Waals surface area contributed by atoms with Gasteiger partial charge in [-0.25, -0.2) is 0 Å². The molecule has 1 aromatic heterocycles. The molecule has 1 aromatic carbocycles. The van der Waals surface area contributed by atoms with Gasteiger partial charge < -0.3 is 14.4 Å². The summed E-state index contributed by atoms with van der Waals surface area (Å²) in [5.41, 5.74) is 0.805. The first-order valence-electron chi connectivity index (χ1n) is 7.07. The average Bonchev–Trinajstić information content (AvgIpc) is 2.96. The highest BCUT2D eigenvalue weighted by Crippen LogP contribution is 2.27. The Morgan fingerprint density at radius 3 is 2.81 bits per heavy atom. The molecule has 0 fully saturated rings. The molecule has 0 aliphatic carbocycles. The number of hydrogen-bond acceptors (Lipinski definition) is 6. The van der Waals surface area contributed by atoms with Crippen LogP contribution in [0.1, 0.15) is 19.2 Å². The smallest absolute Gasteiger partial charge is 0.241 e. The Kier molecular flexibility index (Phi) is 5.71. The summed E-state index contributed by atoms with van der Waals surface area (Å²) < 4.78 is 10.6. The Bertz CT molecular complexity index is 551. The Labute approximate surface area is 124 Å². The third kappa shape index (κ3) is 4.03. The number of aromatic nitrogens is 2. The number of hydrogen-bond donors (Lipinski definition) is 1. The fourth-order valence-corrected chi connectivity index (χ4v) is 2.18. The van der Waals surface area contributed by atoms with Crippen LogP contribution < -0.4 is 4.74 Å². The lowest BCUT2D eigenvalue weighted by Gasteiger charge is -2.17. The van der Waals surface area contributed by atoms with Gasteiger partial charge in [-0.1, -0.05) is 24.2 Å². The van der Waals surface area contributed by atoms with Crippen molar-refractivity contribution in [2.45, 2.75) is 19.9 Å². The van der Waals surface area contributed by atoms with Gasteiger partial charge in [-0.2, -0.15) is 4.98 Å². The zero-order valence-electron chi connectivity index (χ0n) is 12.5. The summed E-state index contributed by atoms with van der Waals surface area (Å²) >= 11 is 0. The predicted molar refractivity (Wildman–Crippen MR) is 78.9 cm³/mol. The lowest BCUT2D eigenvalue weighted by Crippen LogP contribution is -2.27. The minimum Gasteiger partial charge on any atom is -0.496 e. The third-order valence-electron chi connectivity index (χ3n) is 3.13. The van der Waals surface area contributed by atoms with Crippen LogP contribution in [0, 0.1) is 0 Å². The lowest BCUT2D eigenvalue weighted by atomic mass is 10.2. The van der Waals surface area contributed by atoms with Gasteiger partial charge in [-0.15, -0.1) is 0 Å². The van der Waals surface area contributed by atoms with Gasteiger partial charge in [0, 0.05) is 6.54 Å². The molecular formula is C15H21N3O3. The van der Waals surface area contributed by atoms with E-state index in [0.717, 1.165) is 18.5 Å². The molecule has 0 radical (unpaired) electrons. The third-order valence-corrected chi connectivity index (χ3v) is 3.13. The highest BCUT2D eigenvalue weighted by atomic mass is 16.5. The highest BCUT2D eigenvalue weighted by molar-refractivity contribution is 5.63. The van der Waals surface area contributed by atoms with Crippen LogP contribution in [-0.2, 0) is 6.54 Å². The van der Waals surface area contributed by atoms with Crippen molar-refractivity contribution in [1.82, 2.24) is 15.0 Å². The van der Waals surface area contributed by atoms with Crippen molar-refractivity contribution in [2.24, 2.45) is 0 Å². The molecule has 0 amide bonds. The van der Waals surface area contributed by atoms with Gasteiger partial charge in [-0.05, 0) is 25.1 Å². The zero-order valence-corrected chi connectivity index (χ0v) is 12.5. The summed E-state index contributed by atoms with van der Waals surface area (Å²) in [5.74, 6) is 1.77. The number of rotatable bonds is 8. The highest BCUT2D eigenvalue weighted by Gasteiger charge is 2.14. The maximum Gasteiger partial charge on any atom is 0.241 e. The molecule has 6 heteroatoms. The van der Waals surface area contributed by atoms with Crippen molar-refractivity contribution in [2.75, 3.05) is 26.8 Å². The van der Waals surface area contributed by atoms with Crippen LogP contribution in [0.5, 0.6) is 5.75 Å². The molecule has 2 aromatic rings. The van der Waals surface area contributed by atoms with Crippen molar-refractivity contribution < 1.29 is 14.4 Å². The normalized spacial score (nSPS) is 11.0. The van der Waals surface area contributed by atoms with E-state index < -0.39 is 0 Å². The van der Waals surface area contributed by atoms with Gasteiger partial charge in [0.2, 0.25) is 11.7 Å². The van der Waals surface area contributed by atoms with Crippen LogP contribution in [0.25, 0.3) is 11.4 Å². The summed E-state index contributed by atoms with van der Waals surface area (Å²) in [5, 5.41) is 13.1. The minimum absolute atomic E-state index is 0.119. The van der Waals surface area contributed by atoms with E-state index in [9.17, 15) is 0 Å². The maximum absolute atomic E-state index is 9.07. The number of para-hydroxylation sites is 1. The topological polar surface area (TPSA) is 71.6 Å². The van der Waals surface area contributed by atoms with Crippen molar-refractivity contribution in [3.05, 3.63) is 30.2 Å². The molecule has 114 valence electrons.